The molecule has 0 aliphatic rings. The molecule has 5 N–H and O–H groups in total. The van der Waals surface area contributed by atoms with Crippen LogP contribution in [0.25, 0.3) is 11.4 Å². The number of allylic oxidation sites excluding steroid dienone is 1. The van der Waals surface area contributed by atoms with Crippen molar-refractivity contribution in [2.45, 2.75) is 59.2 Å². The molecule has 0 fully saturated rings. The van der Waals surface area contributed by atoms with Gasteiger partial charge in [0, 0.05) is 18.0 Å². The van der Waals surface area contributed by atoms with Crippen LogP contribution in [0.1, 0.15) is 64.1 Å². The van der Waals surface area contributed by atoms with Crippen molar-refractivity contribution in [3.05, 3.63) is 41.2 Å². The number of alkyl halides is 3. The van der Waals surface area contributed by atoms with Gasteiger partial charge >= 0.3 is 6.18 Å². The Hall–Kier alpha value is -3.88. The molecule has 0 bridgehead atoms. The number of imide groups is 1. The van der Waals surface area contributed by atoms with Crippen molar-refractivity contribution in [2.24, 2.45) is 11.1 Å². The van der Waals surface area contributed by atoms with E-state index in [-0.39, 0.29) is 22.4 Å². The van der Waals surface area contributed by atoms with Crippen molar-refractivity contribution in [3.8, 4) is 17.5 Å². The number of nitriles is 1. The third-order valence-corrected chi connectivity index (χ3v) is 5.12. The summed E-state index contributed by atoms with van der Waals surface area (Å²) in [7, 11) is 0. The van der Waals surface area contributed by atoms with E-state index < -0.39 is 35.8 Å². The Morgan fingerprint density at radius 2 is 1.89 bits per heavy atom. The minimum atomic E-state index is -4.62. The zero-order chi connectivity index (χ0) is 26.7. The van der Waals surface area contributed by atoms with E-state index >= 15 is 0 Å². The molecule has 0 saturated carbocycles. The van der Waals surface area contributed by atoms with Crippen LogP contribution < -0.4 is 16.8 Å². The van der Waals surface area contributed by atoms with E-state index in [9.17, 15) is 28.0 Å². The Morgan fingerprint density at radius 1 is 1.26 bits per heavy atom. The molecule has 2 aromatic rings. The highest BCUT2D eigenvalue weighted by Crippen LogP contribution is 2.35. The van der Waals surface area contributed by atoms with Crippen molar-refractivity contribution < 1.29 is 22.8 Å². The monoisotopic (exact) mass is 491 g/mol. The number of nitrogens with two attached hydrogens (primary N) is 2. The summed E-state index contributed by atoms with van der Waals surface area (Å²) in [5, 5.41) is 15.5. The van der Waals surface area contributed by atoms with Crippen molar-refractivity contribution >= 4 is 17.6 Å². The molecule has 2 aromatic heterocycles. The number of nitrogens with one attached hydrogen (secondary N) is 1. The molecule has 12 heteroatoms. The second-order valence-corrected chi connectivity index (χ2v) is 9.39. The number of anilines is 1. The van der Waals surface area contributed by atoms with Gasteiger partial charge in [-0.1, -0.05) is 26.8 Å². The predicted molar refractivity (Wildman–Crippen MR) is 123 cm³/mol. The standard InChI is InChI=1S/C23H28F3N7O2/c1-12(21(35)31-18(34)8-15(28)9-22(3,4)5)14-6-7-17(30-11-14)19-16(10-27)20(29)33(32-19)13(2)23(24,25)26/h6-8,11-13H,9,28-29H2,1-5H3,(H,31,34,35). The number of hydrogen-bond acceptors (Lipinski definition) is 7. The molecule has 0 radical (unpaired) electrons. The SMILES string of the molecule is CC(C(=O)NC(=O)C=C(N)CC(C)(C)C)c1ccc(-c2nn(C(C)C(F)(F)F)c(N)c2C#N)nc1. The summed E-state index contributed by atoms with van der Waals surface area (Å²) in [6.07, 6.45) is -1.66. The van der Waals surface area contributed by atoms with Crippen LogP contribution in [0, 0.1) is 16.7 Å². The van der Waals surface area contributed by atoms with E-state index in [1.807, 2.05) is 20.8 Å². The molecule has 0 spiro atoms. The molecule has 0 aromatic carbocycles. The Balaban J connectivity index is 2.22. The normalized spacial score (nSPS) is 14.2. The average Bonchev–Trinajstić information content (AvgIpc) is 3.06. The maximum atomic E-state index is 13.1. The largest absolute Gasteiger partial charge is 0.410 e. The molecule has 0 aliphatic heterocycles. The van der Waals surface area contributed by atoms with Crippen LogP contribution in [0.3, 0.4) is 0 Å². The first kappa shape index (κ1) is 27.4. The molecule has 188 valence electrons. The number of carbonyl (C=O) groups is 2. The molecule has 2 rings (SSSR count). The Bertz CT molecular complexity index is 1170. The first-order chi connectivity index (χ1) is 16.0. The average molecular weight is 492 g/mol. The van der Waals surface area contributed by atoms with Crippen LogP contribution >= 0.6 is 0 Å². The molecule has 2 atom stereocenters. The van der Waals surface area contributed by atoms with Crippen LogP contribution in [0.4, 0.5) is 19.0 Å². The van der Waals surface area contributed by atoms with Gasteiger partial charge in [0.2, 0.25) is 5.91 Å². The minimum Gasteiger partial charge on any atom is -0.402 e. The first-order valence-electron chi connectivity index (χ1n) is 10.7. The molecule has 35 heavy (non-hydrogen) atoms. The Kier molecular flexibility index (Phi) is 7.95. The lowest BCUT2D eigenvalue weighted by molar-refractivity contribution is -0.164. The Morgan fingerprint density at radius 3 is 2.37 bits per heavy atom. The number of nitrogens with zero attached hydrogens (tertiary/aromatic N) is 4. The highest BCUT2D eigenvalue weighted by atomic mass is 19.4. The minimum absolute atomic E-state index is 0.103. The van der Waals surface area contributed by atoms with Gasteiger partial charge in [0.1, 0.15) is 29.2 Å². The van der Waals surface area contributed by atoms with Gasteiger partial charge in [-0.25, -0.2) is 4.68 Å². The topological polar surface area (TPSA) is 153 Å². The summed E-state index contributed by atoms with van der Waals surface area (Å²) in [4.78, 5) is 28.7. The summed E-state index contributed by atoms with van der Waals surface area (Å²) in [5.41, 5.74) is 12.0. The lowest BCUT2D eigenvalue weighted by atomic mass is 9.90. The number of halogens is 3. The highest BCUT2D eigenvalue weighted by Gasteiger charge is 2.40. The van der Waals surface area contributed by atoms with Gasteiger partial charge in [-0.2, -0.15) is 23.5 Å². The van der Waals surface area contributed by atoms with Crippen LogP contribution in [0.2, 0.25) is 0 Å². The summed E-state index contributed by atoms with van der Waals surface area (Å²) in [6.45, 7) is 8.32. The lowest BCUT2D eigenvalue weighted by Crippen LogP contribution is -2.33. The van der Waals surface area contributed by atoms with Crippen LogP contribution in [-0.2, 0) is 9.59 Å². The third kappa shape index (κ3) is 6.81. The zero-order valence-electron chi connectivity index (χ0n) is 20.1. The van der Waals surface area contributed by atoms with Gasteiger partial charge in [-0.3, -0.25) is 19.9 Å². The Labute approximate surface area is 201 Å². The fraction of sp³-hybridized carbons (Fsp3) is 0.435. The maximum absolute atomic E-state index is 13.1. The van der Waals surface area contributed by atoms with E-state index in [2.05, 4.69) is 15.4 Å². The smallest absolute Gasteiger partial charge is 0.402 e. The third-order valence-electron chi connectivity index (χ3n) is 5.12. The van der Waals surface area contributed by atoms with Crippen molar-refractivity contribution in [1.82, 2.24) is 20.1 Å². The molecular weight excluding hydrogens is 463 g/mol. The molecule has 2 amide bonds. The number of amides is 2. The predicted octanol–water partition coefficient (Wildman–Crippen LogP) is 3.55. The van der Waals surface area contributed by atoms with Crippen LogP contribution in [-0.4, -0.2) is 32.8 Å². The number of hydrogen-bond donors (Lipinski definition) is 3. The summed E-state index contributed by atoms with van der Waals surface area (Å²) in [5.74, 6) is -2.44. The maximum Gasteiger partial charge on any atom is 0.410 e. The van der Waals surface area contributed by atoms with E-state index in [4.69, 9.17) is 11.5 Å². The molecular formula is C23H28F3N7O2. The van der Waals surface area contributed by atoms with E-state index in [1.54, 1.807) is 13.0 Å². The number of pyridine rings is 1. The number of carbonyl (C=O) groups excluding carboxylic acids is 2. The van der Waals surface area contributed by atoms with Crippen LogP contribution in [0.15, 0.2) is 30.1 Å². The molecule has 2 heterocycles. The quantitative estimate of drug-likeness (QED) is 0.522. The number of rotatable bonds is 6. The number of aromatic nitrogens is 3. The van der Waals surface area contributed by atoms with E-state index in [0.29, 0.717) is 22.4 Å². The molecule has 2 unspecified atom stereocenters. The zero-order valence-corrected chi connectivity index (χ0v) is 20.1. The van der Waals surface area contributed by atoms with Crippen molar-refractivity contribution in [3.63, 3.8) is 0 Å². The lowest BCUT2D eigenvalue weighted by Gasteiger charge is -2.18. The number of nitrogen functional groups attached to an aromatic ring is 1. The van der Waals surface area contributed by atoms with Crippen molar-refractivity contribution in [2.75, 3.05) is 5.73 Å². The van der Waals surface area contributed by atoms with Gasteiger partial charge in [0.15, 0.2) is 0 Å². The van der Waals surface area contributed by atoms with Gasteiger partial charge in [0.05, 0.1) is 11.6 Å². The molecule has 0 aliphatic carbocycles. The first-order valence-corrected chi connectivity index (χ1v) is 10.7. The van der Waals surface area contributed by atoms with E-state index in [0.717, 1.165) is 6.92 Å². The highest BCUT2D eigenvalue weighted by molar-refractivity contribution is 6.03. The van der Waals surface area contributed by atoms with Gasteiger partial charge in [-0.05, 0) is 37.3 Å². The van der Waals surface area contributed by atoms with Gasteiger partial charge in [0.25, 0.3) is 5.91 Å². The summed E-state index contributed by atoms with van der Waals surface area (Å²) < 4.78 is 39.9. The second-order valence-electron chi connectivity index (χ2n) is 9.39. The summed E-state index contributed by atoms with van der Waals surface area (Å²) in [6, 6.07) is 2.63. The van der Waals surface area contributed by atoms with Gasteiger partial charge < -0.3 is 11.5 Å². The van der Waals surface area contributed by atoms with Crippen molar-refractivity contribution in [1.29, 1.82) is 5.26 Å². The van der Waals surface area contributed by atoms with Crippen LogP contribution in [0.5, 0.6) is 0 Å². The molecule has 0 saturated heterocycles. The van der Waals surface area contributed by atoms with E-state index in [1.165, 1.54) is 24.4 Å². The molecule has 9 nitrogen and oxygen atoms in total. The van der Waals surface area contributed by atoms with Gasteiger partial charge in [-0.15, -0.1) is 0 Å². The fourth-order valence-corrected chi connectivity index (χ4v) is 3.22. The fourth-order valence-electron chi connectivity index (χ4n) is 3.22. The summed E-state index contributed by atoms with van der Waals surface area (Å²) >= 11 is 0. The second kappa shape index (κ2) is 10.2.